The van der Waals surface area contributed by atoms with Crippen LogP contribution in [0.2, 0.25) is 0 Å². The Morgan fingerprint density at radius 1 is 1.27 bits per heavy atom. The molecule has 1 N–H and O–H groups in total. The lowest BCUT2D eigenvalue weighted by Gasteiger charge is -2.38. The topological polar surface area (TPSA) is 41.6 Å². The summed E-state index contributed by atoms with van der Waals surface area (Å²) in [5, 5.41) is 3.22. The van der Waals surface area contributed by atoms with Crippen LogP contribution in [0.25, 0.3) is 0 Å². The van der Waals surface area contributed by atoms with E-state index in [9.17, 15) is 9.18 Å². The number of nitrogens with zero attached hydrogens (tertiary/aromatic N) is 1. The molecule has 1 aromatic carbocycles. The van der Waals surface area contributed by atoms with Crippen molar-refractivity contribution in [3.8, 4) is 0 Å². The molecule has 1 saturated heterocycles. The lowest BCUT2D eigenvalue weighted by molar-refractivity contribution is -0.127. The average Bonchev–Trinajstić information content (AvgIpc) is 3.13. The van der Waals surface area contributed by atoms with Crippen LogP contribution < -0.4 is 5.32 Å². The van der Waals surface area contributed by atoms with E-state index in [1.165, 1.54) is 12.1 Å². The fourth-order valence-corrected chi connectivity index (χ4v) is 4.47. The van der Waals surface area contributed by atoms with Gasteiger partial charge in [-0.2, -0.15) is 0 Å². The van der Waals surface area contributed by atoms with E-state index in [1.54, 1.807) is 6.07 Å². The number of hydrogen-bond donors (Lipinski definition) is 1. The van der Waals surface area contributed by atoms with Gasteiger partial charge in [-0.3, -0.25) is 9.69 Å². The second kappa shape index (κ2) is 8.49. The molecule has 1 heterocycles. The number of benzene rings is 1. The van der Waals surface area contributed by atoms with Gasteiger partial charge in [0.05, 0.1) is 18.6 Å². The van der Waals surface area contributed by atoms with Crippen molar-refractivity contribution in [3.63, 3.8) is 0 Å². The molecule has 0 radical (unpaired) electrons. The molecule has 1 aliphatic carbocycles. The van der Waals surface area contributed by atoms with E-state index in [2.05, 4.69) is 24.1 Å². The van der Waals surface area contributed by atoms with Gasteiger partial charge in [0.2, 0.25) is 5.91 Å². The highest BCUT2D eigenvalue weighted by molar-refractivity contribution is 5.88. The molecular weight excluding hydrogens is 331 g/mol. The fourth-order valence-electron chi connectivity index (χ4n) is 4.47. The normalized spacial score (nSPS) is 21.7. The molecule has 1 unspecified atom stereocenters. The highest BCUT2D eigenvalue weighted by atomic mass is 19.1. The predicted molar refractivity (Wildman–Crippen MR) is 101 cm³/mol. The lowest BCUT2D eigenvalue weighted by atomic mass is 9.78. The van der Waals surface area contributed by atoms with Gasteiger partial charge in [0, 0.05) is 25.7 Å². The van der Waals surface area contributed by atoms with E-state index in [0.29, 0.717) is 18.5 Å². The zero-order valence-electron chi connectivity index (χ0n) is 16.0. The third kappa shape index (κ3) is 4.09. The molecule has 0 bridgehead atoms. The van der Waals surface area contributed by atoms with Crippen molar-refractivity contribution >= 4 is 5.91 Å². The van der Waals surface area contributed by atoms with Crippen molar-refractivity contribution in [1.82, 2.24) is 10.2 Å². The van der Waals surface area contributed by atoms with Gasteiger partial charge in [0.15, 0.2) is 0 Å². The molecule has 3 rings (SSSR count). The molecule has 144 valence electrons. The van der Waals surface area contributed by atoms with E-state index < -0.39 is 5.41 Å². The summed E-state index contributed by atoms with van der Waals surface area (Å²) >= 11 is 0. The minimum atomic E-state index is -0.575. The highest BCUT2D eigenvalue weighted by Gasteiger charge is 2.43. The molecule has 1 atom stereocenters. The zero-order valence-corrected chi connectivity index (χ0v) is 16.0. The minimum Gasteiger partial charge on any atom is -0.379 e. The standard InChI is InChI=1S/C21H31FN2O2/c1-16(2)19(24-10-12-26-13-11-24)15-23-20(25)21(8-3-4-9-21)17-6-5-7-18(22)14-17/h5-7,14,16,19H,3-4,8-13,15H2,1-2H3,(H,23,25). The second-order valence-corrected chi connectivity index (χ2v) is 7.97. The highest BCUT2D eigenvalue weighted by Crippen LogP contribution is 2.41. The maximum atomic E-state index is 13.8. The number of morpholine rings is 1. The summed E-state index contributed by atoms with van der Waals surface area (Å²) in [7, 11) is 0. The summed E-state index contributed by atoms with van der Waals surface area (Å²) < 4.78 is 19.2. The van der Waals surface area contributed by atoms with Crippen molar-refractivity contribution in [2.75, 3.05) is 32.8 Å². The minimum absolute atomic E-state index is 0.0551. The van der Waals surface area contributed by atoms with Crippen LogP contribution in [0.15, 0.2) is 24.3 Å². The van der Waals surface area contributed by atoms with E-state index in [-0.39, 0.29) is 11.7 Å². The number of ether oxygens (including phenoxy) is 1. The maximum absolute atomic E-state index is 13.8. The lowest BCUT2D eigenvalue weighted by Crippen LogP contribution is -2.53. The summed E-state index contributed by atoms with van der Waals surface area (Å²) in [6.07, 6.45) is 3.63. The van der Waals surface area contributed by atoms with E-state index >= 15 is 0 Å². The molecule has 4 nitrogen and oxygen atoms in total. The van der Waals surface area contributed by atoms with Gasteiger partial charge in [-0.25, -0.2) is 4.39 Å². The monoisotopic (exact) mass is 362 g/mol. The van der Waals surface area contributed by atoms with E-state index in [0.717, 1.165) is 57.6 Å². The van der Waals surface area contributed by atoms with Gasteiger partial charge in [0.25, 0.3) is 0 Å². The Labute approximate surface area is 156 Å². The van der Waals surface area contributed by atoms with Crippen molar-refractivity contribution < 1.29 is 13.9 Å². The zero-order chi connectivity index (χ0) is 18.6. The Balaban J connectivity index is 1.71. The third-order valence-electron chi connectivity index (χ3n) is 6.02. The quantitative estimate of drug-likeness (QED) is 0.845. The summed E-state index contributed by atoms with van der Waals surface area (Å²) in [5.41, 5.74) is 0.245. The summed E-state index contributed by atoms with van der Waals surface area (Å²) in [6.45, 7) is 8.36. The summed E-state index contributed by atoms with van der Waals surface area (Å²) in [4.78, 5) is 15.6. The van der Waals surface area contributed by atoms with E-state index in [1.807, 2.05) is 6.07 Å². The first-order valence-corrected chi connectivity index (χ1v) is 9.89. The Morgan fingerprint density at radius 2 is 1.96 bits per heavy atom. The van der Waals surface area contributed by atoms with Crippen molar-refractivity contribution in [1.29, 1.82) is 0 Å². The summed E-state index contributed by atoms with van der Waals surface area (Å²) in [5.74, 6) is 0.233. The molecule has 0 spiro atoms. The molecule has 1 aromatic rings. The number of nitrogens with one attached hydrogen (secondary N) is 1. The van der Waals surface area contributed by atoms with Crippen LogP contribution in [0, 0.1) is 11.7 Å². The molecule has 26 heavy (non-hydrogen) atoms. The fraction of sp³-hybridized carbons (Fsp3) is 0.667. The van der Waals surface area contributed by atoms with Crippen molar-refractivity contribution in [3.05, 3.63) is 35.6 Å². The van der Waals surface area contributed by atoms with Crippen LogP contribution in [0.3, 0.4) is 0 Å². The van der Waals surface area contributed by atoms with Crippen LogP contribution in [0.1, 0.15) is 45.1 Å². The second-order valence-electron chi connectivity index (χ2n) is 7.97. The van der Waals surface area contributed by atoms with Gasteiger partial charge in [0.1, 0.15) is 5.82 Å². The van der Waals surface area contributed by atoms with Crippen LogP contribution in [0.4, 0.5) is 4.39 Å². The molecule has 2 fully saturated rings. The SMILES string of the molecule is CC(C)C(CNC(=O)C1(c2cccc(F)c2)CCCC1)N1CCOCC1. The molecule has 1 aliphatic heterocycles. The Bertz CT molecular complexity index is 608. The number of rotatable bonds is 6. The Kier molecular flexibility index (Phi) is 6.30. The number of carbonyl (C=O) groups is 1. The number of carbonyl (C=O) groups excluding carboxylic acids is 1. The predicted octanol–water partition coefficient (Wildman–Crippen LogP) is 3.11. The Morgan fingerprint density at radius 3 is 2.58 bits per heavy atom. The molecule has 5 heteroatoms. The molecule has 2 aliphatic rings. The van der Waals surface area contributed by atoms with Crippen LogP contribution in [0.5, 0.6) is 0 Å². The average molecular weight is 362 g/mol. The smallest absolute Gasteiger partial charge is 0.230 e. The van der Waals surface area contributed by atoms with Gasteiger partial charge >= 0.3 is 0 Å². The van der Waals surface area contributed by atoms with Crippen molar-refractivity contribution in [2.45, 2.75) is 51.0 Å². The first-order chi connectivity index (χ1) is 12.5. The van der Waals surface area contributed by atoms with Gasteiger partial charge in [-0.15, -0.1) is 0 Å². The third-order valence-corrected chi connectivity index (χ3v) is 6.02. The number of amides is 1. The number of halogens is 1. The molecule has 1 amide bonds. The molecular formula is C21H31FN2O2. The van der Waals surface area contributed by atoms with Gasteiger partial charge < -0.3 is 10.1 Å². The van der Waals surface area contributed by atoms with Gasteiger partial charge in [-0.05, 0) is 36.5 Å². The van der Waals surface area contributed by atoms with Crippen molar-refractivity contribution in [2.24, 2.45) is 5.92 Å². The maximum Gasteiger partial charge on any atom is 0.230 e. The summed E-state index contributed by atoms with van der Waals surface area (Å²) in [6, 6.07) is 6.89. The molecule has 0 aromatic heterocycles. The Hall–Kier alpha value is -1.46. The first kappa shape index (κ1) is 19.3. The van der Waals surface area contributed by atoms with Crippen LogP contribution >= 0.6 is 0 Å². The largest absolute Gasteiger partial charge is 0.379 e. The van der Waals surface area contributed by atoms with Crippen LogP contribution in [-0.2, 0) is 14.9 Å². The molecule has 1 saturated carbocycles. The van der Waals surface area contributed by atoms with Crippen LogP contribution in [-0.4, -0.2) is 49.7 Å². The first-order valence-electron chi connectivity index (χ1n) is 9.89. The number of hydrogen-bond acceptors (Lipinski definition) is 3. The van der Waals surface area contributed by atoms with E-state index in [4.69, 9.17) is 4.74 Å². The van der Waals surface area contributed by atoms with Gasteiger partial charge in [-0.1, -0.05) is 38.8 Å².